The number of hydrogen-bond donors (Lipinski definition) is 2. The van der Waals surface area contributed by atoms with Crippen LogP contribution in [0, 0.1) is 0 Å². The fourth-order valence-corrected chi connectivity index (χ4v) is 4.99. The number of carbonyl (C=O) groups is 1. The van der Waals surface area contributed by atoms with Gasteiger partial charge in [0, 0.05) is 30.0 Å². The third kappa shape index (κ3) is 6.00. The molecule has 4 rings (SSSR count). The summed E-state index contributed by atoms with van der Waals surface area (Å²) in [5.41, 5.74) is 2.46. The van der Waals surface area contributed by atoms with Crippen molar-refractivity contribution in [2.24, 2.45) is 0 Å². The van der Waals surface area contributed by atoms with E-state index >= 15 is 0 Å². The maximum atomic E-state index is 13.0. The Hall–Kier alpha value is -3.40. The Morgan fingerprint density at radius 1 is 1.03 bits per heavy atom. The molecule has 1 saturated heterocycles. The van der Waals surface area contributed by atoms with Gasteiger partial charge in [0.05, 0.1) is 25.2 Å². The molecule has 0 radical (unpaired) electrons. The van der Waals surface area contributed by atoms with Crippen molar-refractivity contribution >= 4 is 21.6 Å². The van der Waals surface area contributed by atoms with E-state index in [-0.39, 0.29) is 23.1 Å². The van der Waals surface area contributed by atoms with Gasteiger partial charge in [0.25, 0.3) is 5.91 Å². The van der Waals surface area contributed by atoms with Crippen LogP contribution in [0.3, 0.4) is 0 Å². The van der Waals surface area contributed by atoms with Crippen LogP contribution in [0.15, 0.2) is 71.6 Å². The third-order valence-corrected chi connectivity index (χ3v) is 7.21. The second kappa shape index (κ2) is 10.9. The van der Waals surface area contributed by atoms with E-state index in [1.165, 1.54) is 12.1 Å². The average molecular weight is 497 g/mol. The van der Waals surface area contributed by atoms with E-state index in [0.717, 1.165) is 29.7 Å². The van der Waals surface area contributed by atoms with E-state index in [1.807, 2.05) is 30.3 Å². The molecule has 0 spiro atoms. The van der Waals surface area contributed by atoms with Gasteiger partial charge in [-0.3, -0.25) is 4.79 Å². The number of sulfonamides is 1. The van der Waals surface area contributed by atoms with Crippen LogP contribution in [0.2, 0.25) is 0 Å². The van der Waals surface area contributed by atoms with Gasteiger partial charge >= 0.3 is 0 Å². The minimum absolute atomic E-state index is 0.0248. The molecule has 1 fully saturated rings. The number of hydrogen-bond acceptors (Lipinski definition) is 6. The molecule has 1 aliphatic heterocycles. The first-order chi connectivity index (χ1) is 16.9. The molecule has 9 heteroatoms. The summed E-state index contributed by atoms with van der Waals surface area (Å²) in [7, 11) is -0.585. The van der Waals surface area contributed by atoms with Crippen LogP contribution < -0.4 is 19.5 Å². The molecule has 3 aromatic rings. The smallest absolute Gasteiger partial charge is 0.255 e. The predicted octanol–water partition coefficient (Wildman–Crippen LogP) is 4.08. The summed E-state index contributed by atoms with van der Waals surface area (Å²) in [6, 6.07) is 18.7. The lowest BCUT2D eigenvalue weighted by molar-refractivity contribution is 0.102. The lowest BCUT2D eigenvalue weighted by Crippen LogP contribution is -2.32. The first-order valence-electron chi connectivity index (χ1n) is 11.2. The van der Waals surface area contributed by atoms with Crippen LogP contribution in [-0.4, -0.2) is 47.8 Å². The first kappa shape index (κ1) is 24.7. The Labute approximate surface area is 205 Å². The van der Waals surface area contributed by atoms with Gasteiger partial charge in [-0.05, 0) is 66.9 Å². The highest BCUT2D eigenvalue weighted by molar-refractivity contribution is 7.89. The van der Waals surface area contributed by atoms with Gasteiger partial charge in [-0.2, -0.15) is 0 Å². The van der Waals surface area contributed by atoms with Crippen LogP contribution in [0.5, 0.6) is 11.5 Å². The van der Waals surface area contributed by atoms with Crippen molar-refractivity contribution in [3.63, 3.8) is 0 Å². The Balaban J connectivity index is 1.51. The van der Waals surface area contributed by atoms with E-state index in [2.05, 4.69) is 10.0 Å². The van der Waals surface area contributed by atoms with Gasteiger partial charge in [0.15, 0.2) is 0 Å². The molecule has 35 heavy (non-hydrogen) atoms. The van der Waals surface area contributed by atoms with Crippen LogP contribution in [0.25, 0.3) is 11.1 Å². The molecule has 1 atom stereocenters. The van der Waals surface area contributed by atoms with Crippen LogP contribution in [0.4, 0.5) is 5.69 Å². The van der Waals surface area contributed by atoms with E-state index in [4.69, 9.17) is 14.2 Å². The van der Waals surface area contributed by atoms with Crippen LogP contribution >= 0.6 is 0 Å². The number of rotatable bonds is 9. The predicted molar refractivity (Wildman–Crippen MR) is 134 cm³/mol. The summed E-state index contributed by atoms with van der Waals surface area (Å²) in [5.74, 6) is 0.961. The third-order valence-electron chi connectivity index (χ3n) is 5.79. The largest absolute Gasteiger partial charge is 0.497 e. The summed E-state index contributed by atoms with van der Waals surface area (Å²) < 4.78 is 44.2. The highest BCUT2D eigenvalue weighted by Gasteiger charge is 2.21. The molecule has 0 bridgehead atoms. The number of benzene rings is 3. The monoisotopic (exact) mass is 496 g/mol. The Kier molecular flexibility index (Phi) is 7.70. The average Bonchev–Trinajstić information content (AvgIpc) is 3.41. The second-order valence-electron chi connectivity index (χ2n) is 8.11. The van der Waals surface area contributed by atoms with E-state index in [0.29, 0.717) is 18.0 Å². The number of ether oxygens (including phenoxy) is 3. The molecular weight excluding hydrogens is 468 g/mol. The molecule has 184 valence electrons. The van der Waals surface area contributed by atoms with Gasteiger partial charge in [0.2, 0.25) is 10.0 Å². The summed E-state index contributed by atoms with van der Waals surface area (Å²) in [5, 5.41) is 2.84. The highest BCUT2D eigenvalue weighted by Crippen LogP contribution is 2.33. The summed E-state index contributed by atoms with van der Waals surface area (Å²) >= 11 is 0. The van der Waals surface area contributed by atoms with Crippen molar-refractivity contribution in [3.8, 4) is 22.6 Å². The molecule has 0 saturated carbocycles. The molecule has 0 aromatic heterocycles. The molecule has 3 aromatic carbocycles. The first-order valence-corrected chi connectivity index (χ1v) is 12.7. The van der Waals surface area contributed by atoms with Crippen LogP contribution in [0.1, 0.15) is 23.2 Å². The van der Waals surface area contributed by atoms with Gasteiger partial charge < -0.3 is 19.5 Å². The molecule has 2 N–H and O–H groups in total. The Morgan fingerprint density at radius 2 is 1.83 bits per heavy atom. The number of amides is 1. The number of methoxy groups -OCH3 is 2. The van der Waals surface area contributed by atoms with Crippen molar-refractivity contribution in [1.29, 1.82) is 0 Å². The SMILES string of the molecule is COc1ccc(-c2cc(NC(=O)c3cccc(S(=O)(=O)NC[C@@H]4CCCO4)c3)ccc2OC)cc1. The van der Waals surface area contributed by atoms with E-state index in [9.17, 15) is 13.2 Å². The lowest BCUT2D eigenvalue weighted by atomic mass is 10.0. The van der Waals surface area contributed by atoms with Crippen molar-refractivity contribution in [2.75, 3.05) is 32.7 Å². The van der Waals surface area contributed by atoms with Crippen molar-refractivity contribution in [2.45, 2.75) is 23.8 Å². The normalized spacial score (nSPS) is 15.5. The van der Waals surface area contributed by atoms with Gasteiger partial charge in [-0.1, -0.05) is 18.2 Å². The molecule has 0 unspecified atom stereocenters. The number of anilines is 1. The zero-order valence-electron chi connectivity index (χ0n) is 19.6. The van der Waals surface area contributed by atoms with Crippen molar-refractivity contribution < 1.29 is 27.4 Å². The second-order valence-corrected chi connectivity index (χ2v) is 9.88. The molecule has 1 amide bonds. The van der Waals surface area contributed by atoms with Crippen LogP contribution in [-0.2, 0) is 14.8 Å². The minimum atomic E-state index is -3.77. The Bertz CT molecular complexity index is 1290. The molecular formula is C26H28N2O6S. The van der Waals surface area contributed by atoms with E-state index in [1.54, 1.807) is 38.5 Å². The van der Waals surface area contributed by atoms with Crippen molar-refractivity contribution in [3.05, 3.63) is 72.3 Å². The fraction of sp³-hybridized carbons (Fsp3) is 0.269. The molecule has 0 aliphatic carbocycles. The summed E-state index contributed by atoms with van der Waals surface area (Å²) in [4.78, 5) is 13.0. The van der Waals surface area contributed by atoms with Gasteiger partial charge in [0.1, 0.15) is 11.5 Å². The topological polar surface area (TPSA) is 103 Å². The standard InChI is InChI=1S/C26H28N2O6S/c1-32-21-11-8-18(9-12-21)24-16-20(10-13-25(24)33-2)28-26(29)19-5-3-7-23(15-19)35(30,31)27-17-22-6-4-14-34-22/h3,5,7-13,15-16,22,27H,4,6,14,17H2,1-2H3,(H,28,29)/t22-/m0/s1. The summed E-state index contributed by atoms with van der Waals surface area (Å²) in [6.07, 6.45) is 1.63. The molecule has 1 heterocycles. The quantitative estimate of drug-likeness (QED) is 0.463. The Morgan fingerprint density at radius 3 is 2.51 bits per heavy atom. The molecule has 1 aliphatic rings. The minimum Gasteiger partial charge on any atom is -0.497 e. The van der Waals surface area contributed by atoms with Crippen molar-refractivity contribution in [1.82, 2.24) is 4.72 Å². The van der Waals surface area contributed by atoms with Gasteiger partial charge in [-0.25, -0.2) is 13.1 Å². The van der Waals surface area contributed by atoms with E-state index < -0.39 is 15.9 Å². The maximum Gasteiger partial charge on any atom is 0.255 e. The fourth-order valence-electron chi connectivity index (χ4n) is 3.88. The van der Waals surface area contributed by atoms with Gasteiger partial charge in [-0.15, -0.1) is 0 Å². The summed E-state index contributed by atoms with van der Waals surface area (Å²) in [6.45, 7) is 0.854. The molecule has 8 nitrogen and oxygen atoms in total. The lowest BCUT2D eigenvalue weighted by Gasteiger charge is -2.13. The highest BCUT2D eigenvalue weighted by atomic mass is 32.2. The zero-order chi connectivity index (χ0) is 24.8. The zero-order valence-corrected chi connectivity index (χ0v) is 20.4. The number of nitrogens with one attached hydrogen (secondary N) is 2. The maximum absolute atomic E-state index is 13.0. The number of carbonyl (C=O) groups excluding carboxylic acids is 1.